The maximum Gasteiger partial charge on any atom is 0.323 e. The molecule has 0 unspecified atom stereocenters. The quantitative estimate of drug-likeness (QED) is 0.557. The number of hydrogen-bond donors (Lipinski definition) is 1. The van der Waals surface area contributed by atoms with Gasteiger partial charge in [0, 0.05) is 6.42 Å². The number of Topliss-reactive ketones (excluding diaryl/α,β-unsaturated/α-hetero) is 1. The van der Waals surface area contributed by atoms with Crippen LogP contribution in [0.2, 0.25) is 0 Å². The van der Waals surface area contributed by atoms with Gasteiger partial charge < -0.3 is 9.84 Å². The number of hydrogen-bond acceptors (Lipinski definition) is 5. The van der Waals surface area contributed by atoms with Gasteiger partial charge in [-0.2, -0.15) is 0 Å². The summed E-state index contributed by atoms with van der Waals surface area (Å²) in [5.74, 6) is -2.39. The van der Waals surface area contributed by atoms with Gasteiger partial charge in [0.25, 0.3) is 0 Å². The molecule has 0 saturated heterocycles. The van der Waals surface area contributed by atoms with Gasteiger partial charge >= 0.3 is 5.97 Å². The van der Waals surface area contributed by atoms with Gasteiger partial charge in [-0.3, -0.25) is 14.4 Å². The van der Waals surface area contributed by atoms with Gasteiger partial charge in [-0.25, -0.2) is 0 Å². The summed E-state index contributed by atoms with van der Waals surface area (Å²) >= 11 is 0. The third-order valence-corrected chi connectivity index (χ3v) is 4.41. The summed E-state index contributed by atoms with van der Waals surface area (Å²) < 4.78 is 4.73. The van der Waals surface area contributed by atoms with Crippen molar-refractivity contribution in [2.75, 3.05) is 7.11 Å². The van der Waals surface area contributed by atoms with E-state index in [2.05, 4.69) is 0 Å². The van der Waals surface area contributed by atoms with E-state index in [0.29, 0.717) is 6.42 Å². The van der Waals surface area contributed by atoms with Crippen LogP contribution in [0.1, 0.15) is 26.7 Å². The molecular weight excluding hydrogens is 248 g/mol. The average Bonchev–Trinajstić information content (AvgIpc) is 2.36. The Labute approximate surface area is 111 Å². The summed E-state index contributed by atoms with van der Waals surface area (Å²) in [4.78, 5) is 36.7. The number of allylic oxidation sites excluding steroid dienone is 1. The Morgan fingerprint density at radius 1 is 1.42 bits per heavy atom. The second kappa shape index (κ2) is 4.27. The minimum Gasteiger partial charge on any atom is -0.468 e. The number of aliphatic hydroxyl groups is 1. The molecule has 19 heavy (non-hydrogen) atoms. The van der Waals surface area contributed by atoms with Crippen LogP contribution in [0.15, 0.2) is 12.2 Å². The Kier molecular flexibility index (Phi) is 3.13. The van der Waals surface area contributed by atoms with Crippen molar-refractivity contribution in [2.45, 2.75) is 32.8 Å². The fourth-order valence-corrected chi connectivity index (χ4v) is 3.46. The van der Waals surface area contributed by atoms with Crippen LogP contribution < -0.4 is 0 Å². The van der Waals surface area contributed by atoms with Crippen molar-refractivity contribution < 1.29 is 24.2 Å². The highest BCUT2D eigenvalue weighted by Gasteiger charge is 2.66. The predicted molar refractivity (Wildman–Crippen MR) is 66.1 cm³/mol. The zero-order chi connectivity index (χ0) is 14.4. The Morgan fingerprint density at radius 3 is 2.63 bits per heavy atom. The second-order valence-electron chi connectivity index (χ2n) is 5.91. The summed E-state index contributed by atoms with van der Waals surface area (Å²) in [6.07, 6.45) is 1.85. The van der Waals surface area contributed by atoms with Crippen LogP contribution in [0, 0.1) is 16.7 Å². The first kappa shape index (κ1) is 13.9. The number of ketones is 2. The molecule has 2 aliphatic carbocycles. The van der Waals surface area contributed by atoms with E-state index in [0.717, 1.165) is 0 Å². The molecule has 0 bridgehead atoms. The fraction of sp³-hybridized carbons (Fsp3) is 0.643. The molecule has 104 valence electrons. The standard InChI is InChI=1S/C14H18O5/c1-13(2)7-6-10(17)14(12(18)19-3)9(16)5-4-8(15)11(13)14/h4-5,9,11,16H,6-7H2,1-3H3/t9-,11-,14+/m1/s1. The maximum atomic E-state index is 12.3. The first-order chi connectivity index (χ1) is 8.78. The van der Waals surface area contributed by atoms with Crippen molar-refractivity contribution >= 4 is 17.5 Å². The van der Waals surface area contributed by atoms with Gasteiger partial charge in [-0.05, 0) is 17.9 Å². The largest absolute Gasteiger partial charge is 0.468 e. The molecule has 1 N–H and O–H groups in total. The molecule has 2 aliphatic rings. The molecule has 3 atom stereocenters. The number of rotatable bonds is 1. The van der Waals surface area contributed by atoms with Crippen LogP contribution in [0.5, 0.6) is 0 Å². The SMILES string of the molecule is COC(=O)[C@@]12C(=O)CCC(C)(C)[C@H]1C(=O)C=C[C@H]2O. The summed E-state index contributed by atoms with van der Waals surface area (Å²) in [6, 6.07) is 0. The van der Waals surface area contributed by atoms with E-state index < -0.39 is 34.6 Å². The van der Waals surface area contributed by atoms with Crippen LogP contribution in [0.3, 0.4) is 0 Å². The second-order valence-corrected chi connectivity index (χ2v) is 5.91. The van der Waals surface area contributed by atoms with Gasteiger partial charge in [-0.1, -0.05) is 19.9 Å². The van der Waals surface area contributed by atoms with Crippen molar-refractivity contribution in [3.05, 3.63) is 12.2 Å². The number of aliphatic hydroxyl groups excluding tert-OH is 1. The van der Waals surface area contributed by atoms with E-state index >= 15 is 0 Å². The van der Waals surface area contributed by atoms with Gasteiger partial charge in [-0.15, -0.1) is 0 Å². The lowest BCUT2D eigenvalue weighted by molar-refractivity contribution is -0.183. The Bertz CT molecular complexity index is 466. The minimum absolute atomic E-state index is 0.163. The molecule has 5 nitrogen and oxygen atoms in total. The molecule has 0 aromatic heterocycles. The third-order valence-electron chi connectivity index (χ3n) is 4.41. The van der Waals surface area contributed by atoms with Gasteiger partial charge in [0.2, 0.25) is 0 Å². The molecule has 0 heterocycles. The molecule has 0 spiro atoms. The summed E-state index contributed by atoms with van der Waals surface area (Å²) in [5.41, 5.74) is -2.31. The van der Waals surface area contributed by atoms with Crippen molar-refractivity contribution in [3.63, 3.8) is 0 Å². The molecule has 0 aromatic carbocycles. The Morgan fingerprint density at radius 2 is 2.05 bits per heavy atom. The van der Waals surface area contributed by atoms with Gasteiger partial charge in [0.1, 0.15) is 0 Å². The van der Waals surface area contributed by atoms with Crippen LogP contribution in [-0.4, -0.2) is 35.9 Å². The lowest BCUT2D eigenvalue weighted by atomic mass is 9.50. The van der Waals surface area contributed by atoms with E-state index in [1.54, 1.807) is 0 Å². The molecule has 1 saturated carbocycles. The van der Waals surface area contributed by atoms with Crippen molar-refractivity contribution in [1.82, 2.24) is 0 Å². The number of carbonyl (C=O) groups is 3. The van der Waals surface area contributed by atoms with Crippen LogP contribution in [0.4, 0.5) is 0 Å². The van der Waals surface area contributed by atoms with Crippen LogP contribution in [-0.2, 0) is 19.1 Å². The highest BCUT2D eigenvalue weighted by atomic mass is 16.5. The monoisotopic (exact) mass is 266 g/mol. The molecule has 0 aliphatic heterocycles. The zero-order valence-corrected chi connectivity index (χ0v) is 11.3. The normalized spacial score (nSPS) is 36.8. The number of fused-ring (bicyclic) bond motifs is 1. The van der Waals surface area contributed by atoms with E-state index in [4.69, 9.17) is 4.74 Å². The molecule has 0 aromatic rings. The fourth-order valence-electron chi connectivity index (χ4n) is 3.46. The topological polar surface area (TPSA) is 80.7 Å². The summed E-state index contributed by atoms with van der Waals surface area (Å²) in [6.45, 7) is 3.68. The van der Waals surface area contributed by atoms with Crippen molar-refractivity contribution in [2.24, 2.45) is 16.7 Å². The van der Waals surface area contributed by atoms with E-state index in [1.807, 2.05) is 13.8 Å². The molecule has 2 rings (SSSR count). The number of ether oxygens (including phenoxy) is 1. The lowest BCUT2D eigenvalue weighted by Crippen LogP contribution is -2.63. The highest BCUT2D eigenvalue weighted by molar-refractivity contribution is 6.12. The highest BCUT2D eigenvalue weighted by Crippen LogP contribution is 2.54. The minimum atomic E-state index is -1.78. The summed E-state index contributed by atoms with van der Waals surface area (Å²) in [7, 11) is 1.17. The smallest absolute Gasteiger partial charge is 0.323 e. The van der Waals surface area contributed by atoms with Gasteiger partial charge in [0.05, 0.1) is 19.1 Å². The van der Waals surface area contributed by atoms with E-state index in [1.165, 1.54) is 19.3 Å². The summed E-state index contributed by atoms with van der Waals surface area (Å²) in [5, 5.41) is 10.2. The first-order valence-electron chi connectivity index (χ1n) is 6.30. The number of carbonyl (C=O) groups excluding carboxylic acids is 3. The predicted octanol–water partition coefficient (Wildman–Crippen LogP) is 0.651. The molecule has 0 radical (unpaired) electrons. The van der Waals surface area contributed by atoms with Crippen LogP contribution in [0.25, 0.3) is 0 Å². The maximum absolute atomic E-state index is 12.3. The number of esters is 1. The van der Waals surface area contributed by atoms with E-state index in [9.17, 15) is 19.5 Å². The average molecular weight is 266 g/mol. The third kappa shape index (κ3) is 1.68. The van der Waals surface area contributed by atoms with Crippen molar-refractivity contribution in [3.8, 4) is 0 Å². The lowest BCUT2D eigenvalue weighted by Gasteiger charge is -2.50. The first-order valence-corrected chi connectivity index (χ1v) is 6.30. The van der Waals surface area contributed by atoms with E-state index in [-0.39, 0.29) is 12.2 Å². The molecule has 1 fully saturated rings. The Balaban J connectivity index is 2.69. The van der Waals surface area contributed by atoms with Crippen molar-refractivity contribution in [1.29, 1.82) is 0 Å². The zero-order valence-electron chi connectivity index (χ0n) is 11.3. The number of methoxy groups -OCH3 is 1. The molecular formula is C14H18O5. The Hall–Kier alpha value is -1.49. The van der Waals surface area contributed by atoms with Crippen LogP contribution >= 0.6 is 0 Å². The van der Waals surface area contributed by atoms with Gasteiger partial charge in [0.15, 0.2) is 17.0 Å². The molecule has 5 heteroatoms. The molecule has 0 amide bonds.